The molecule has 6 nitrogen and oxygen atoms in total. The van der Waals surface area contributed by atoms with E-state index >= 15 is 0 Å². The van der Waals surface area contributed by atoms with Gasteiger partial charge in [-0.25, -0.2) is 4.98 Å². The molecule has 2 heterocycles. The van der Waals surface area contributed by atoms with Gasteiger partial charge in [0.25, 0.3) is 0 Å². The zero-order chi connectivity index (χ0) is 15.1. The van der Waals surface area contributed by atoms with Crippen molar-refractivity contribution in [2.45, 2.75) is 0 Å². The van der Waals surface area contributed by atoms with Crippen molar-refractivity contribution in [2.75, 3.05) is 0 Å². The van der Waals surface area contributed by atoms with E-state index in [1.807, 2.05) is 0 Å². The zero-order valence-corrected chi connectivity index (χ0v) is 11.8. The van der Waals surface area contributed by atoms with Gasteiger partial charge in [0, 0.05) is 16.8 Å². The smallest absolute Gasteiger partial charge is 0.239 e. The first-order valence-electron chi connectivity index (χ1n) is 5.73. The van der Waals surface area contributed by atoms with Gasteiger partial charge in [-0.1, -0.05) is 23.2 Å². The van der Waals surface area contributed by atoms with Crippen LogP contribution in [0.15, 0.2) is 24.4 Å². The van der Waals surface area contributed by atoms with Crippen molar-refractivity contribution in [1.82, 2.24) is 15.2 Å². The lowest BCUT2D eigenvalue weighted by atomic mass is 10.0. The molecule has 21 heavy (non-hydrogen) atoms. The summed E-state index contributed by atoms with van der Waals surface area (Å²) in [5.41, 5.74) is 0.460. The van der Waals surface area contributed by atoms with Gasteiger partial charge >= 0.3 is 0 Å². The number of aromatic amines is 1. The summed E-state index contributed by atoms with van der Waals surface area (Å²) in [5, 5.41) is 26.0. The Labute approximate surface area is 128 Å². The van der Waals surface area contributed by atoms with Gasteiger partial charge in [-0.2, -0.15) is 0 Å². The van der Waals surface area contributed by atoms with Crippen molar-refractivity contribution in [3.8, 4) is 11.6 Å². The molecule has 2 aromatic heterocycles. The minimum absolute atomic E-state index is 0.0222. The highest BCUT2D eigenvalue weighted by Gasteiger charge is 2.19. The van der Waals surface area contributed by atoms with E-state index in [4.69, 9.17) is 23.2 Å². The molecule has 0 aliphatic carbocycles. The van der Waals surface area contributed by atoms with Crippen LogP contribution in [0.1, 0.15) is 15.9 Å². The van der Waals surface area contributed by atoms with Crippen LogP contribution < -0.4 is 0 Å². The fourth-order valence-corrected chi connectivity index (χ4v) is 2.40. The number of H-pyrrole nitrogens is 1. The molecule has 0 atom stereocenters. The van der Waals surface area contributed by atoms with Crippen molar-refractivity contribution in [2.24, 2.45) is 0 Å². The van der Waals surface area contributed by atoms with Gasteiger partial charge in [0.1, 0.15) is 5.75 Å². The monoisotopic (exact) mass is 323 g/mol. The topological polar surface area (TPSA) is 99.1 Å². The number of aromatic hydroxyl groups is 2. The standard InChI is InChI=1S/C13H7Cl2N3O3/c14-6-2-7(11(20)9(15)3-6)10(19)5-1-8-12(16-4-5)17-18-13(8)21/h1-4,20H,(H2,16,17,18,21). The Hall–Kier alpha value is -2.31. The van der Waals surface area contributed by atoms with E-state index in [0.717, 1.165) is 0 Å². The number of pyridine rings is 1. The van der Waals surface area contributed by atoms with Gasteiger partial charge in [0.15, 0.2) is 11.4 Å². The van der Waals surface area contributed by atoms with Crippen LogP contribution in [0, 0.1) is 0 Å². The van der Waals surface area contributed by atoms with E-state index in [-0.39, 0.29) is 32.8 Å². The molecular weight excluding hydrogens is 317 g/mol. The van der Waals surface area contributed by atoms with Gasteiger partial charge in [-0.05, 0) is 18.2 Å². The largest absolute Gasteiger partial charge is 0.506 e. The number of carbonyl (C=O) groups excluding carboxylic acids is 1. The fraction of sp³-hybridized carbons (Fsp3) is 0. The number of hydrogen-bond acceptors (Lipinski definition) is 5. The summed E-state index contributed by atoms with van der Waals surface area (Å²) in [6, 6.07) is 4.06. The Morgan fingerprint density at radius 3 is 2.71 bits per heavy atom. The maximum Gasteiger partial charge on any atom is 0.239 e. The Kier molecular flexibility index (Phi) is 3.19. The van der Waals surface area contributed by atoms with E-state index < -0.39 is 5.78 Å². The number of ketones is 1. The molecule has 0 aliphatic heterocycles. The number of fused-ring (bicyclic) bond motifs is 1. The van der Waals surface area contributed by atoms with Gasteiger partial charge in [-0.15, -0.1) is 5.10 Å². The third-order valence-electron chi connectivity index (χ3n) is 2.93. The fourth-order valence-electron chi connectivity index (χ4n) is 1.91. The van der Waals surface area contributed by atoms with Crippen LogP contribution in [0.3, 0.4) is 0 Å². The number of halogens is 2. The summed E-state index contributed by atoms with van der Waals surface area (Å²) < 4.78 is 0. The van der Waals surface area contributed by atoms with Crippen molar-refractivity contribution in [3.05, 3.63) is 45.6 Å². The normalized spacial score (nSPS) is 11.0. The van der Waals surface area contributed by atoms with Crippen molar-refractivity contribution in [3.63, 3.8) is 0 Å². The number of carbonyl (C=O) groups is 1. The van der Waals surface area contributed by atoms with Gasteiger partial charge < -0.3 is 10.2 Å². The second kappa shape index (κ2) is 4.91. The number of phenols is 1. The average molecular weight is 324 g/mol. The van der Waals surface area contributed by atoms with Crippen LogP contribution >= 0.6 is 23.2 Å². The molecule has 0 spiro atoms. The van der Waals surface area contributed by atoms with Crippen molar-refractivity contribution < 1.29 is 15.0 Å². The summed E-state index contributed by atoms with van der Waals surface area (Å²) in [6.45, 7) is 0. The maximum absolute atomic E-state index is 12.4. The molecular formula is C13H7Cl2N3O3. The number of rotatable bonds is 2. The molecule has 0 radical (unpaired) electrons. The first-order chi connectivity index (χ1) is 9.97. The van der Waals surface area contributed by atoms with E-state index in [9.17, 15) is 15.0 Å². The van der Waals surface area contributed by atoms with E-state index in [0.29, 0.717) is 11.0 Å². The Balaban J connectivity index is 2.14. The molecule has 106 valence electrons. The molecule has 3 N–H and O–H groups in total. The minimum atomic E-state index is -0.521. The minimum Gasteiger partial charge on any atom is -0.506 e. The van der Waals surface area contributed by atoms with Crippen LogP contribution in [0.5, 0.6) is 11.6 Å². The summed E-state index contributed by atoms with van der Waals surface area (Å²) in [4.78, 5) is 16.4. The molecule has 3 aromatic rings. The quantitative estimate of drug-likeness (QED) is 0.630. The second-order valence-corrected chi connectivity index (χ2v) is 5.12. The number of hydrogen-bond donors (Lipinski definition) is 3. The van der Waals surface area contributed by atoms with Crippen LogP contribution in [0.2, 0.25) is 10.0 Å². The van der Waals surface area contributed by atoms with Crippen LogP contribution in [-0.2, 0) is 0 Å². The number of nitrogens with zero attached hydrogens (tertiary/aromatic N) is 2. The summed E-state index contributed by atoms with van der Waals surface area (Å²) in [7, 11) is 0. The number of phenolic OH excluding ortho intramolecular Hbond substituents is 1. The van der Waals surface area contributed by atoms with Gasteiger partial charge in [0.2, 0.25) is 5.88 Å². The molecule has 3 rings (SSSR count). The van der Waals surface area contributed by atoms with Crippen LogP contribution in [-0.4, -0.2) is 31.2 Å². The van der Waals surface area contributed by atoms with E-state index in [1.54, 1.807) is 0 Å². The van der Waals surface area contributed by atoms with Crippen molar-refractivity contribution >= 4 is 40.0 Å². The highest BCUT2D eigenvalue weighted by Crippen LogP contribution is 2.33. The van der Waals surface area contributed by atoms with Crippen LogP contribution in [0.25, 0.3) is 11.0 Å². The Bertz CT molecular complexity index is 876. The molecule has 0 amide bonds. The van der Waals surface area contributed by atoms with Crippen LogP contribution in [0.4, 0.5) is 0 Å². The molecule has 0 saturated carbocycles. The molecule has 0 fully saturated rings. The summed E-state index contributed by atoms with van der Waals surface area (Å²) in [6.07, 6.45) is 1.30. The first kappa shape index (κ1) is 13.7. The molecule has 1 aromatic carbocycles. The third kappa shape index (κ3) is 2.28. The predicted molar refractivity (Wildman–Crippen MR) is 77.1 cm³/mol. The maximum atomic E-state index is 12.4. The van der Waals surface area contributed by atoms with Gasteiger partial charge in [0.05, 0.1) is 16.0 Å². The highest BCUT2D eigenvalue weighted by atomic mass is 35.5. The molecule has 0 unspecified atom stereocenters. The number of aromatic nitrogens is 3. The molecule has 0 saturated heterocycles. The number of nitrogens with one attached hydrogen (secondary N) is 1. The average Bonchev–Trinajstić information content (AvgIpc) is 2.83. The lowest BCUT2D eigenvalue weighted by Crippen LogP contribution is -2.03. The lowest BCUT2D eigenvalue weighted by Gasteiger charge is -2.06. The molecule has 0 bridgehead atoms. The SMILES string of the molecule is O=C(c1cnc2[nH]nc(O)c2c1)c1cc(Cl)cc(Cl)c1O. The van der Waals surface area contributed by atoms with E-state index in [2.05, 4.69) is 15.2 Å². The Morgan fingerprint density at radius 1 is 1.19 bits per heavy atom. The molecule has 0 aliphatic rings. The summed E-state index contributed by atoms with van der Waals surface area (Å²) >= 11 is 11.6. The summed E-state index contributed by atoms with van der Waals surface area (Å²) in [5.74, 6) is -1.14. The molecule has 8 heteroatoms. The van der Waals surface area contributed by atoms with Crippen molar-refractivity contribution in [1.29, 1.82) is 0 Å². The third-order valence-corrected chi connectivity index (χ3v) is 3.44. The Morgan fingerprint density at radius 2 is 1.95 bits per heavy atom. The lowest BCUT2D eigenvalue weighted by molar-refractivity contribution is 0.103. The zero-order valence-electron chi connectivity index (χ0n) is 10.3. The predicted octanol–water partition coefficient (Wildman–Crippen LogP) is 2.91. The number of benzene rings is 1. The second-order valence-electron chi connectivity index (χ2n) is 4.28. The van der Waals surface area contributed by atoms with Gasteiger partial charge in [-0.3, -0.25) is 9.89 Å². The van der Waals surface area contributed by atoms with E-state index in [1.165, 1.54) is 24.4 Å². The first-order valence-corrected chi connectivity index (χ1v) is 6.48. The highest BCUT2D eigenvalue weighted by molar-refractivity contribution is 6.36.